The highest BCUT2D eigenvalue weighted by Crippen LogP contribution is 2.25. The molecule has 0 spiro atoms. The molecule has 1 N–H and O–H groups in total. The zero-order chi connectivity index (χ0) is 22.8. The van der Waals surface area contributed by atoms with Crippen molar-refractivity contribution in [3.8, 4) is 0 Å². The van der Waals surface area contributed by atoms with Gasteiger partial charge in [0.05, 0.1) is 4.90 Å². The lowest BCUT2D eigenvalue weighted by Crippen LogP contribution is -2.33. The summed E-state index contributed by atoms with van der Waals surface area (Å²) in [5, 5.41) is 3.32. The SMILES string of the molecule is C/C(=N/S(=O)(=O)c1ccc(NC(=O)c2cc(Cl)ccc2C)c(C)c1)C1CCN(C)CC1. The largest absolute Gasteiger partial charge is 0.322 e. The normalized spacial score (nSPS) is 16.4. The molecule has 0 saturated carbocycles. The van der Waals surface area contributed by atoms with E-state index in [4.69, 9.17) is 11.6 Å². The Labute approximate surface area is 189 Å². The lowest BCUT2D eigenvalue weighted by Gasteiger charge is -2.28. The van der Waals surface area contributed by atoms with Crippen molar-refractivity contribution in [1.29, 1.82) is 0 Å². The Morgan fingerprint density at radius 3 is 2.42 bits per heavy atom. The molecular weight excluding hydrogens is 434 g/mol. The second-order valence-electron chi connectivity index (χ2n) is 8.18. The van der Waals surface area contributed by atoms with Gasteiger partial charge in [0.25, 0.3) is 15.9 Å². The Bertz CT molecular complexity index is 1120. The van der Waals surface area contributed by atoms with E-state index in [0.29, 0.717) is 27.5 Å². The smallest absolute Gasteiger partial charge is 0.282 e. The molecule has 166 valence electrons. The molecule has 8 heteroatoms. The molecule has 1 amide bonds. The molecule has 0 unspecified atom stereocenters. The lowest BCUT2D eigenvalue weighted by molar-refractivity contribution is 0.102. The van der Waals surface area contributed by atoms with Crippen molar-refractivity contribution >= 4 is 38.9 Å². The molecule has 1 heterocycles. The number of hydrogen-bond donors (Lipinski definition) is 1. The molecule has 0 radical (unpaired) electrons. The van der Waals surface area contributed by atoms with Gasteiger partial charge in [0, 0.05) is 27.9 Å². The number of hydrogen-bond acceptors (Lipinski definition) is 4. The average Bonchev–Trinajstić information content (AvgIpc) is 2.71. The van der Waals surface area contributed by atoms with Crippen molar-refractivity contribution in [3.05, 3.63) is 58.1 Å². The number of sulfonamides is 1. The van der Waals surface area contributed by atoms with Gasteiger partial charge >= 0.3 is 0 Å². The molecule has 1 saturated heterocycles. The van der Waals surface area contributed by atoms with Crippen molar-refractivity contribution in [2.24, 2.45) is 10.3 Å². The van der Waals surface area contributed by atoms with Crippen LogP contribution >= 0.6 is 11.6 Å². The van der Waals surface area contributed by atoms with Crippen molar-refractivity contribution < 1.29 is 13.2 Å². The third kappa shape index (κ3) is 5.73. The Morgan fingerprint density at radius 2 is 1.77 bits per heavy atom. The zero-order valence-electron chi connectivity index (χ0n) is 18.3. The predicted octanol–water partition coefficient (Wildman–Crippen LogP) is 4.70. The first-order chi connectivity index (χ1) is 14.6. The second-order valence-corrected chi connectivity index (χ2v) is 10.2. The molecule has 0 atom stereocenters. The molecule has 1 aliphatic heterocycles. The highest BCUT2D eigenvalue weighted by molar-refractivity contribution is 7.90. The van der Waals surface area contributed by atoms with Gasteiger partial charge in [-0.1, -0.05) is 17.7 Å². The summed E-state index contributed by atoms with van der Waals surface area (Å²) in [5.41, 5.74) is 3.11. The van der Waals surface area contributed by atoms with Gasteiger partial charge in [-0.05, 0) is 95.2 Å². The van der Waals surface area contributed by atoms with Crippen LogP contribution < -0.4 is 5.32 Å². The lowest BCUT2D eigenvalue weighted by atomic mass is 9.93. The first-order valence-electron chi connectivity index (χ1n) is 10.2. The first-order valence-corrected chi connectivity index (χ1v) is 12.1. The first kappa shape index (κ1) is 23.4. The molecule has 3 rings (SSSR count). The van der Waals surface area contributed by atoms with E-state index < -0.39 is 10.0 Å². The van der Waals surface area contributed by atoms with E-state index in [1.165, 1.54) is 6.07 Å². The van der Waals surface area contributed by atoms with Crippen molar-refractivity contribution in [2.75, 3.05) is 25.5 Å². The number of amides is 1. The summed E-state index contributed by atoms with van der Waals surface area (Å²) in [6.07, 6.45) is 1.82. The summed E-state index contributed by atoms with van der Waals surface area (Å²) < 4.78 is 29.8. The second kappa shape index (κ2) is 9.51. The van der Waals surface area contributed by atoms with Gasteiger partial charge in [-0.25, -0.2) is 0 Å². The average molecular weight is 462 g/mol. The summed E-state index contributed by atoms with van der Waals surface area (Å²) in [7, 11) is -1.74. The van der Waals surface area contributed by atoms with Gasteiger partial charge in [0.15, 0.2) is 0 Å². The van der Waals surface area contributed by atoms with Gasteiger partial charge in [0.1, 0.15) is 0 Å². The van der Waals surface area contributed by atoms with Gasteiger partial charge in [-0.15, -0.1) is 0 Å². The summed E-state index contributed by atoms with van der Waals surface area (Å²) in [5.74, 6) is -0.110. The summed E-state index contributed by atoms with van der Waals surface area (Å²) in [6, 6.07) is 9.74. The van der Waals surface area contributed by atoms with E-state index in [9.17, 15) is 13.2 Å². The van der Waals surface area contributed by atoms with Crippen molar-refractivity contribution in [1.82, 2.24) is 4.90 Å². The minimum Gasteiger partial charge on any atom is -0.322 e. The highest BCUT2D eigenvalue weighted by atomic mass is 35.5. The zero-order valence-corrected chi connectivity index (χ0v) is 19.8. The fourth-order valence-electron chi connectivity index (χ4n) is 3.71. The number of likely N-dealkylation sites (tertiary alicyclic amines) is 1. The van der Waals surface area contributed by atoms with Crippen molar-refractivity contribution in [3.63, 3.8) is 0 Å². The van der Waals surface area contributed by atoms with E-state index in [2.05, 4.69) is 21.7 Å². The number of nitrogens with one attached hydrogen (secondary N) is 1. The third-order valence-corrected chi connectivity index (χ3v) is 7.37. The minimum absolute atomic E-state index is 0.120. The topological polar surface area (TPSA) is 78.8 Å². The Kier molecular flexibility index (Phi) is 7.19. The molecule has 31 heavy (non-hydrogen) atoms. The molecule has 1 fully saturated rings. The van der Waals surface area contributed by atoms with Crippen LogP contribution in [0.15, 0.2) is 45.7 Å². The maximum absolute atomic E-state index is 12.8. The van der Waals surface area contributed by atoms with Gasteiger partial charge in [-0.2, -0.15) is 12.8 Å². The molecule has 2 aromatic rings. The van der Waals surface area contributed by atoms with E-state index in [1.54, 1.807) is 44.2 Å². The van der Waals surface area contributed by atoms with Crippen LogP contribution in [0.25, 0.3) is 0 Å². The number of benzene rings is 2. The molecule has 0 aliphatic carbocycles. The Morgan fingerprint density at radius 1 is 1.10 bits per heavy atom. The minimum atomic E-state index is -3.81. The van der Waals surface area contributed by atoms with Crippen LogP contribution in [0.5, 0.6) is 0 Å². The Balaban J connectivity index is 1.78. The summed E-state index contributed by atoms with van der Waals surface area (Å²) >= 11 is 6.01. The van der Waals surface area contributed by atoms with E-state index in [-0.39, 0.29) is 16.7 Å². The summed E-state index contributed by atoms with van der Waals surface area (Å²) in [4.78, 5) is 15.0. The van der Waals surface area contributed by atoms with Crippen LogP contribution in [-0.4, -0.2) is 45.1 Å². The fraction of sp³-hybridized carbons (Fsp3) is 0.391. The molecule has 1 aliphatic rings. The van der Waals surface area contributed by atoms with Crippen LogP contribution in [0.3, 0.4) is 0 Å². The van der Waals surface area contributed by atoms with Crippen LogP contribution in [-0.2, 0) is 10.0 Å². The predicted molar refractivity (Wildman–Crippen MR) is 126 cm³/mol. The number of halogens is 1. The third-order valence-electron chi connectivity index (χ3n) is 5.76. The van der Waals surface area contributed by atoms with Crippen LogP contribution in [0.1, 0.15) is 41.3 Å². The molecular formula is C23H28ClN3O3S. The van der Waals surface area contributed by atoms with Crippen molar-refractivity contribution in [2.45, 2.75) is 38.5 Å². The quantitative estimate of drug-likeness (QED) is 0.654. The molecule has 0 aromatic heterocycles. The number of rotatable bonds is 5. The van der Waals surface area contributed by atoms with Gasteiger partial charge < -0.3 is 10.2 Å². The van der Waals surface area contributed by atoms with Gasteiger partial charge in [-0.3, -0.25) is 4.79 Å². The number of nitrogens with zero attached hydrogens (tertiary/aromatic N) is 2. The van der Waals surface area contributed by atoms with E-state index in [1.807, 2.05) is 6.92 Å². The number of carbonyl (C=O) groups is 1. The monoisotopic (exact) mass is 461 g/mol. The molecule has 0 bridgehead atoms. The number of aryl methyl sites for hydroxylation is 2. The van der Waals surface area contributed by atoms with Crippen LogP contribution in [0.2, 0.25) is 5.02 Å². The standard InChI is InChI=1S/C23H28ClN3O3S/c1-15-5-6-19(24)14-21(15)23(28)25-22-8-7-20(13-16(22)2)31(29,30)26-17(3)18-9-11-27(4)12-10-18/h5-8,13-14,18H,9-12H2,1-4H3,(H,25,28)/b26-17-. The number of carbonyl (C=O) groups excluding carboxylic acids is 1. The number of anilines is 1. The Hall–Kier alpha value is -2.22. The fourth-order valence-corrected chi connectivity index (χ4v) is 5.08. The van der Waals surface area contributed by atoms with E-state index >= 15 is 0 Å². The summed E-state index contributed by atoms with van der Waals surface area (Å²) in [6.45, 7) is 7.27. The maximum Gasteiger partial charge on any atom is 0.282 e. The van der Waals surface area contributed by atoms with Crippen LogP contribution in [0, 0.1) is 19.8 Å². The van der Waals surface area contributed by atoms with Gasteiger partial charge in [0.2, 0.25) is 0 Å². The van der Waals surface area contributed by atoms with Crippen LogP contribution in [0.4, 0.5) is 5.69 Å². The molecule has 6 nitrogen and oxygen atoms in total. The van der Waals surface area contributed by atoms with E-state index in [0.717, 1.165) is 31.5 Å². The highest BCUT2D eigenvalue weighted by Gasteiger charge is 2.22. The maximum atomic E-state index is 12.8. The number of piperidine rings is 1. The molecule has 2 aromatic carbocycles.